The predicted octanol–water partition coefficient (Wildman–Crippen LogP) is 4.91. The summed E-state index contributed by atoms with van der Waals surface area (Å²) in [4.78, 5) is 4.90. The quantitative estimate of drug-likeness (QED) is 0.840. The highest BCUT2D eigenvalue weighted by Gasteiger charge is 2.12. The number of aromatic nitrogens is 1. The highest BCUT2D eigenvalue weighted by molar-refractivity contribution is 5.93. The van der Waals surface area contributed by atoms with Crippen LogP contribution < -0.4 is 5.32 Å². The van der Waals surface area contributed by atoms with E-state index < -0.39 is 0 Å². The topological polar surface area (TPSA) is 24.9 Å². The molecule has 2 nitrogen and oxygen atoms in total. The molecule has 0 saturated heterocycles. The van der Waals surface area contributed by atoms with Crippen LogP contribution >= 0.6 is 0 Å². The zero-order chi connectivity index (χ0) is 14.0. The molecule has 0 amide bonds. The molecule has 0 fully saturated rings. The molecule has 2 heteroatoms. The summed E-state index contributed by atoms with van der Waals surface area (Å²) in [6.45, 7) is 11.9. The normalized spacial score (nSPS) is 11.5. The minimum absolute atomic E-state index is 0.446. The van der Waals surface area contributed by atoms with E-state index in [1.54, 1.807) is 0 Å². The van der Waals surface area contributed by atoms with Crippen LogP contribution in [-0.2, 0) is 0 Å². The Bertz CT molecular complexity index is 571. The third-order valence-electron chi connectivity index (χ3n) is 3.47. The molecule has 0 unspecified atom stereocenters. The van der Waals surface area contributed by atoms with Gasteiger partial charge < -0.3 is 5.32 Å². The van der Waals surface area contributed by atoms with Gasteiger partial charge >= 0.3 is 0 Å². The van der Waals surface area contributed by atoms with Crippen LogP contribution in [0.5, 0.6) is 0 Å². The van der Waals surface area contributed by atoms with E-state index in [-0.39, 0.29) is 0 Å². The van der Waals surface area contributed by atoms with Crippen molar-refractivity contribution in [2.75, 3.05) is 11.9 Å². The second-order valence-electron chi connectivity index (χ2n) is 5.68. The zero-order valence-electron chi connectivity index (χ0n) is 12.6. The number of rotatable bonds is 4. The van der Waals surface area contributed by atoms with Gasteiger partial charge in [-0.25, -0.2) is 0 Å². The average Bonchev–Trinajstić information content (AvgIpc) is 2.37. The molecule has 1 aromatic heterocycles. The van der Waals surface area contributed by atoms with Crippen LogP contribution in [0.1, 0.15) is 57.7 Å². The molecule has 0 aliphatic heterocycles. The van der Waals surface area contributed by atoms with Gasteiger partial charge in [0.25, 0.3) is 0 Å². The van der Waals surface area contributed by atoms with Crippen LogP contribution in [0, 0.1) is 0 Å². The Labute approximate surface area is 116 Å². The summed E-state index contributed by atoms with van der Waals surface area (Å²) in [6, 6.07) is 8.69. The van der Waals surface area contributed by atoms with E-state index in [1.807, 2.05) is 0 Å². The first-order valence-electron chi connectivity index (χ1n) is 7.22. The summed E-state index contributed by atoms with van der Waals surface area (Å²) >= 11 is 0. The van der Waals surface area contributed by atoms with Crippen molar-refractivity contribution < 1.29 is 0 Å². The number of nitrogens with one attached hydrogen (secondary N) is 1. The van der Waals surface area contributed by atoms with E-state index in [1.165, 1.54) is 16.6 Å². The molecule has 2 aromatic rings. The third kappa shape index (κ3) is 2.73. The van der Waals surface area contributed by atoms with Gasteiger partial charge in [0.1, 0.15) is 0 Å². The van der Waals surface area contributed by atoms with Gasteiger partial charge in [-0.1, -0.05) is 45.9 Å². The number of benzene rings is 1. The fraction of sp³-hybridized carbons (Fsp3) is 0.471. The summed E-state index contributed by atoms with van der Waals surface area (Å²) in [6.07, 6.45) is 0. The van der Waals surface area contributed by atoms with Crippen molar-refractivity contribution in [2.24, 2.45) is 0 Å². The first kappa shape index (κ1) is 13.9. The maximum atomic E-state index is 4.90. The number of pyridine rings is 1. The van der Waals surface area contributed by atoms with Gasteiger partial charge in [-0.2, -0.15) is 0 Å². The molecule has 0 atom stereocenters. The smallest absolute Gasteiger partial charge is 0.0760 e. The van der Waals surface area contributed by atoms with Crippen molar-refractivity contribution in [2.45, 2.75) is 46.5 Å². The Morgan fingerprint density at radius 1 is 1.11 bits per heavy atom. The van der Waals surface area contributed by atoms with Crippen LogP contribution in [0.15, 0.2) is 24.3 Å². The lowest BCUT2D eigenvalue weighted by Gasteiger charge is -2.16. The Kier molecular flexibility index (Phi) is 4.08. The number of fused-ring (bicyclic) bond motifs is 1. The van der Waals surface area contributed by atoms with Crippen LogP contribution in [0.4, 0.5) is 5.69 Å². The number of hydrogen-bond acceptors (Lipinski definition) is 2. The Balaban J connectivity index is 2.75. The van der Waals surface area contributed by atoms with Gasteiger partial charge in [-0.15, -0.1) is 0 Å². The highest BCUT2D eigenvalue weighted by atomic mass is 14.9. The fourth-order valence-electron chi connectivity index (χ4n) is 2.39. The van der Waals surface area contributed by atoms with Crippen molar-refractivity contribution in [3.05, 3.63) is 35.5 Å². The Hall–Kier alpha value is -1.57. The third-order valence-corrected chi connectivity index (χ3v) is 3.47. The van der Waals surface area contributed by atoms with Gasteiger partial charge in [0.05, 0.1) is 5.52 Å². The van der Waals surface area contributed by atoms with E-state index in [9.17, 15) is 0 Å². The summed E-state index contributed by atoms with van der Waals surface area (Å²) in [5.41, 5.74) is 4.86. The lowest BCUT2D eigenvalue weighted by atomic mass is 9.97. The molecule has 0 aliphatic carbocycles. The number of nitrogens with zero attached hydrogens (tertiary/aromatic N) is 1. The van der Waals surface area contributed by atoms with E-state index in [2.05, 4.69) is 64.2 Å². The average molecular weight is 256 g/mol. The summed E-state index contributed by atoms with van der Waals surface area (Å²) in [5.74, 6) is 0.940. The highest BCUT2D eigenvalue weighted by Crippen LogP contribution is 2.31. The van der Waals surface area contributed by atoms with Gasteiger partial charge in [0.2, 0.25) is 0 Å². The maximum Gasteiger partial charge on any atom is 0.0760 e. The second-order valence-corrected chi connectivity index (χ2v) is 5.68. The van der Waals surface area contributed by atoms with Crippen molar-refractivity contribution in [3.63, 3.8) is 0 Å². The van der Waals surface area contributed by atoms with Crippen molar-refractivity contribution in [1.82, 2.24) is 4.98 Å². The first-order valence-corrected chi connectivity index (χ1v) is 7.22. The summed E-state index contributed by atoms with van der Waals surface area (Å²) in [5, 5.41) is 4.71. The van der Waals surface area contributed by atoms with Gasteiger partial charge in [0, 0.05) is 23.3 Å². The lowest BCUT2D eigenvalue weighted by Crippen LogP contribution is -2.03. The summed E-state index contributed by atoms with van der Waals surface area (Å²) < 4.78 is 0. The molecule has 19 heavy (non-hydrogen) atoms. The number of anilines is 1. The molecule has 0 saturated carbocycles. The second kappa shape index (κ2) is 5.60. The maximum absolute atomic E-state index is 4.90. The molecule has 102 valence electrons. The van der Waals surface area contributed by atoms with Crippen LogP contribution in [0.3, 0.4) is 0 Å². The molecule has 0 spiro atoms. The standard InChI is InChI=1S/C17H24N2/c1-6-18-16-10-15(12(4)5)19-17-13(11(2)3)8-7-9-14(16)17/h7-12H,6H2,1-5H3,(H,18,19). The molecule has 0 bridgehead atoms. The molecule has 0 aliphatic rings. The Morgan fingerprint density at radius 2 is 1.84 bits per heavy atom. The molecular weight excluding hydrogens is 232 g/mol. The van der Waals surface area contributed by atoms with Crippen molar-refractivity contribution in [3.8, 4) is 0 Å². The van der Waals surface area contributed by atoms with Crippen LogP contribution in [0.25, 0.3) is 10.9 Å². The van der Waals surface area contributed by atoms with E-state index >= 15 is 0 Å². The van der Waals surface area contributed by atoms with Gasteiger partial charge in [0.15, 0.2) is 0 Å². The zero-order valence-corrected chi connectivity index (χ0v) is 12.6. The van der Waals surface area contributed by atoms with E-state index in [0.717, 1.165) is 17.8 Å². The molecule has 0 radical (unpaired) electrons. The minimum atomic E-state index is 0.446. The number of hydrogen-bond donors (Lipinski definition) is 1. The fourth-order valence-corrected chi connectivity index (χ4v) is 2.39. The summed E-state index contributed by atoms with van der Waals surface area (Å²) in [7, 11) is 0. The van der Waals surface area contributed by atoms with E-state index in [0.29, 0.717) is 11.8 Å². The van der Waals surface area contributed by atoms with E-state index in [4.69, 9.17) is 4.98 Å². The first-order chi connectivity index (χ1) is 9.04. The largest absolute Gasteiger partial charge is 0.385 e. The monoisotopic (exact) mass is 256 g/mol. The number of para-hydroxylation sites is 1. The minimum Gasteiger partial charge on any atom is -0.385 e. The van der Waals surface area contributed by atoms with Crippen LogP contribution in [0.2, 0.25) is 0 Å². The predicted molar refractivity (Wildman–Crippen MR) is 84.1 cm³/mol. The molecule has 1 heterocycles. The molecular formula is C17H24N2. The van der Waals surface area contributed by atoms with Gasteiger partial charge in [-0.3, -0.25) is 4.98 Å². The molecule has 2 rings (SSSR count). The molecule has 1 N–H and O–H groups in total. The lowest BCUT2D eigenvalue weighted by molar-refractivity contribution is 0.823. The Morgan fingerprint density at radius 3 is 2.42 bits per heavy atom. The van der Waals surface area contributed by atoms with Crippen molar-refractivity contribution in [1.29, 1.82) is 0 Å². The SMILES string of the molecule is CCNc1cc(C(C)C)nc2c(C(C)C)cccc12. The van der Waals surface area contributed by atoms with Gasteiger partial charge in [-0.05, 0) is 30.4 Å². The van der Waals surface area contributed by atoms with Crippen molar-refractivity contribution >= 4 is 16.6 Å². The molecule has 1 aromatic carbocycles. The van der Waals surface area contributed by atoms with Crippen LogP contribution in [-0.4, -0.2) is 11.5 Å².